The van der Waals surface area contributed by atoms with Crippen molar-refractivity contribution in [1.29, 1.82) is 0 Å². The summed E-state index contributed by atoms with van der Waals surface area (Å²) in [6.45, 7) is -0.944. The van der Waals surface area contributed by atoms with Crippen LogP contribution in [0.15, 0.2) is 48.5 Å². The second-order valence-corrected chi connectivity index (χ2v) is 10.4. The van der Waals surface area contributed by atoms with Gasteiger partial charge in [-0.25, -0.2) is 0 Å². The van der Waals surface area contributed by atoms with E-state index in [9.17, 15) is 26.3 Å². The molecule has 4 rings (SSSR count). The summed E-state index contributed by atoms with van der Waals surface area (Å²) >= 11 is 12.0. The molecular formula is C26H29Cl3F6N2O3. The van der Waals surface area contributed by atoms with Crippen LogP contribution in [0, 0.1) is 0 Å². The first-order valence-corrected chi connectivity index (χ1v) is 13.1. The Morgan fingerprint density at radius 3 is 1.50 bits per heavy atom. The number of hydrogen-bond donors (Lipinski definition) is 0. The number of rotatable bonds is 8. The molecule has 0 radical (unpaired) electrons. The van der Waals surface area contributed by atoms with Gasteiger partial charge in [0.25, 0.3) is 0 Å². The topological polar surface area (TPSA) is 34.2 Å². The van der Waals surface area contributed by atoms with Crippen LogP contribution in [0.3, 0.4) is 0 Å². The molecule has 2 saturated heterocycles. The summed E-state index contributed by atoms with van der Waals surface area (Å²) in [7, 11) is 0. The molecule has 0 aromatic heterocycles. The predicted octanol–water partition coefficient (Wildman–Crippen LogP) is 6.74. The zero-order valence-electron chi connectivity index (χ0n) is 21.1. The first-order valence-electron chi connectivity index (χ1n) is 12.4. The monoisotopic (exact) mass is 636 g/mol. The van der Waals surface area contributed by atoms with Crippen LogP contribution in [-0.2, 0) is 14.2 Å². The standard InChI is InChI=1S/C26H28Cl2F6N2O3.ClH/c27-19-5-1-3-17(11-19)21-13-35(7-9-37-21)15-23(25(29,30)31)39-24(26(32,33)34)16-36-8-10-38-22(14-36)18-4-2-6-20(28)12-18;/h1-6,11-12,21-24H,7-10,13-16H2;1H/t21?,22?,23-,24-;/m0./s1. The van der Waals surface area contributed by atoms with E-state index in [-0.39, 0.29) is 51.8 Å². The van der Waals surface area contributed by atoms with Gasteiger partial charge in [-0.2, -0.15) is 26.3 Å². The highest BCUT2D eigenvalue weighted by atomic mass is 35.5. The van der Waals surface area contributed by atoms with E-state index in [2.05, 4.69) is 0 Å². The molecule has 2 heterocycles. The maximum Gasteiger partial charge on any atom is 0.415 e. The number of ether oxygens (including phenoxy) is 3. The number of nitrogens with zero attached hydrogens (tertiary/aromatic N) is 2. The van der Waals surface area contributed by atoms with Crippen molar-refractivity contribution in [3.63, 3.8) is 0 Å². The highest BCUT2D eigenvalue weighted by molar-refractivity contribution is 6.30. The number of hydrogen-bond acceptors (Lipinski definition) is 5. The van der Waals surface area contributed by atoms with Crippen LogP contribution in [0.5, 0.6) is 0 Å². The lowest BCUT2D eigenvalue weighted by molar-refractivity contribution is -0.292. The molecular weight excluding hydrogens is 609 g/mol. The fourth-order valence-electron chi connectivity index (χ4n) is 4.67. The van der Waals surface area contributed by atoms with Crippen LogP contribution < -0.4 is 0 Å². The van der Waals surface area contributed by atoms with Crippen LogP contribution in [0.4, 0.5) is 26.3 Å². The highest BCUT2D eigenvalue weighted by Gasteiger charge is 2.50. The molecule has 0 aliphatic carbocycles. The van der Waals surface area contributed by atoms with Gasteiger partial charge in [0.05, 0.1) is 25.4 Å². The van der Waals surface area contributed by atoms with Gasteiger partial charge in [0, 0.05) is 49.3 Å². The van der Waals surface area contributed by atoms with E-state index >= 15 is 0 Å². The van der Waals surface area contributed by atoms with Crippen molar-refractivity contribution >= 4 is 35.6 Å². The van der Waals surface area contributed by atoms with Crippen molar-refractivity contribution in [1.82, 2.24) is 9.80 Å². The highest BCUT2D eigenvalue weighted by Crippen LogP contribution is 2.33. The molecule has 0 spiro atoms. The molecule has 2 aromatic carbocycles. The van der Waals surface area contributed by atoms with Crippen molar-refractivity contribution in [2.24, 2.45) is 0 Å². The van der Waals surface area contributed by atoms with Gasteiger partial charge in [-0.1, -0.05) is 47.5 Å². The van der Waals surface area contributed by atoms with Gasteiger partial charge in [-0.3, -0.25) is 9.80 Å². The van der Waals surface area contributed by atoms with E-state index in [1.165, 1.54) is 9.80 Å². The van der Waals surface area contributed by atoms with Gasteiger partial charge < -0.3 is 14.2 Å². The molecule has 224 valence electrons. The van der Waals surface area contributed by atoms with Gasteiger partial charge in [0.1, 0.15) is 0 Å². The summed E-state index contributed by atoms with van der Waals surface area (Å²) in [6, 6.07) is 13.5. The van der Waals surface area contributed by atoms with Gasteiger partial charge >= 0.3 is 12.4 Å². The Morgan fingerprint density at radius 2 is 1.15 bits per heavy atom. The van der Waals surface area contributed by atoms with Crippen molar-refractivity contribution in [2.45, 2.75) is 36.8 Å². The average Bonchev–Trinajstić information content (AvgIpc) is 2.87. The molecule has 2 aliphatic rings. The second-order valence-electron chi connectivity index (χ2n) is 9.54. The molecule has 0 N–H and O–H groups in total. The Labute approximate surface area is 244 Å². The Morgan fingerprint density at radius 1 is 0.750 bits per heavy atom. The minimum atomic E-state index is -5.01. The smallest absolute Gasteiger partial charge is 0.371 e. The maximum atomic E-state index is 14.0. The van der Waals surface area contributed by atoms with Crippen LogP contribution in [0.2, 0.25) is 10.0 Å². The van der Waals surface area contributed by atoms with E-state index in [4.69, 9.17) is 37.4 Å². The third kappa shape index (κ3) is 9.35. The van der Waals surface area contributed by atoms with Crippen LogP contribution in [-0.4, -0.2) is 86.8 Å². The molecule has 2 fully saturated rings. The molecule has 0 saturated carbocycles. The molecule has 4 atom stereocenters. The van der Waals surface area contributed by atoms with Gasteiger partial charge in [0.2, 0.25) is 0 Å². The molecule has 14 heteroatoms. The second kappa shape index (κ2) is 14.2. The molecule has 2 aromatic rings. The van der Waals surface area contributed by atoms with Gasteiger partial charge in [-0.05, 0) is 35.4 Å². The lowest BCUT2D eigenvalue weighted by Gasteiger charge is -2.38. The number of alkyl halides is 6. The Kier molecular flexibility index (Phi) is 11.8. The summed E-state index contributed by atoms with van der Waals surface area (Å²) in [5.74, 6) is 0. The molecule has 0 amide bonds. The summed E-state index contributed by atoms with van der Waals surface area (Å²) in [4.78, 5) is 2.81. The van der Waals surface area contributed by atoms with E-state index in [1.54, 1.807) is 48.5 Å². The lowest BCUT2D eigenvalue weighted by Crippen LogP contribution is -2.53. The molecule has 2 aliphatic heterocycles. The van der Waals surface area contributed by atoms with Crippen molar-refractivity contribution in [2.75, 3.05) is 52.5 Å². The fraction of sp³-hybridized carbons (Fsp3) is 0.538. The lowest BCUT2D eigenvalue weighted by atomic mass is 10.1. The fourth-order valence-corrected chi connectivity index (χ4v) is 5.07. The minimum absolute atomic E-state index is 0. The number of halogens is 9. The van der Waals surface area contributed by atoms with Crippen LogP contribution >= 0.6 is 35.6 Å². The third-order valence-electron chi connectivity index (χ3n) is 6.65. The normalized spacial score (nSPS) is 22.9. The predicted molar refractivity (Wildman–Crippen MR) is 141 cm³/mol. The minimum Gasteiger partial charge on any atom is -0.371 e. The summed E-state index contributed by atoms with van der Waals surface area (Å²) in [5, 5.41) is 0.886. The maximum absolute atomic E-state index is 14.0. The van der Waals surface area contributed by atoms with Crippen molar-refractivity contribution < 1.29 is 40.6 Å². The number of morpholine rings is 2. The van der Waals surface area contributed by atoms with Crippen LogP contribution in [0.1, 0.15) is 23.3 Å². The third-order valence-corrected chi connectivity index (χ3v) is 7.12. The zero-order chi connectivity index (χ0) is 28.2. The first kappa shape index (κ1) is 33.2. The van der Waals surface area contributed by atoms with Crippen molar-refractivity contribution in [3.8, 4) is 0 Å². The van der Waals surface area contributed by atoms with E-state index < -0.39 is 49.9 Å². The van der Waals surface area contributed by atoms with Gasteiger partial charge in [0.15, 0.2) is 12.2 Å². The van der Waals surface area contributed by atoms with Crippen molar-refractivity contribution in [3.05, 3.63) is 69.7 Å². The van der Waals surface area contributed by atoms with E-state index in [0.29, 0.717) is 21.2 Å². The summed E-state index contributed by atoms with van der Waals surface area (Å²) < 4.78 is 100. The summed E-state index contributed by atoms with van der Waals surface area (Å²) in [6.07, 6.45) is -16.5. The zero-order valence-corrected chi connectivity index (χ0v) is 23.5. The molecule has 5 nitrogen and oxygen atoms in total. The van der Waals surface area contributed by atoms with Crippen LogP contribution in [0.25, 0.3) is 0 Å². The molecule has 0 bridgehead atoms. The SMILES string of the molecule is Cl.FC(F)(F)[C@H](CN1CCOC(c2cccc(Cl)c2)C1)O[C@@H](CN1CCOC(c2cccc(Cl)c2)C1)C(F)(F)F. The average molecular weight is 638 g/mol. The molecule has 2 unspecified atom stereocenters. The molecule has 40 heavy (non-hydrogen) atoms. The Hall–Kier alpha value is -1.31. The Balaban J connectivity index is 0.00000441. The largest absolute Gasteiger partial charge is 0.415 e. The van der Waals surface area contributed by atoms with E-state index in [0.717, 1.165) is 0 Å². The Bertz CT molecular complexity index is 1010. The van der Waals surface area contributed by atoms with Gasteiger partial charge in [-0.15, -0.1) is 12.4 Å². The first-order chi connectivity index (χ1) is 18.4. The quantitative estimate of drug-likeness (QED) is 0.300. The number of benzene rings is 2. The van der Waals surface area contributed by atoms with E-state index in [1.807, 2.05) is 0 Å². The summed E-state index contributed by atoms with van der Waals surface area (Å²) in [5.41, 5.74) is 1.35.